The van der Waals surface area contributed by atoms with Gasteiger partial charge in [-0.15, -0.1) is 0 Å². The van der Waals surface area contributed by atoms with Crippen LogP contribution in [0.3, 0.4) is 0 Å². The SMILES string of the molecule is COC(=O)C=Cc1ccc2noc(-c3ccc(Cl)cc3)c2c1. The van der Waals surface area contributed by atoms with Gasteiger partial charge >= 0.3 is 5.97 Å². The molecule has 2 aromatic carbocycles. The molecule has 0 aliphatic rings. The number of hydrogen-bond donors (Lipinski definition) is 0. The highest BCUT2D eigenvalue weighted by atomic mass is 35.5. The van der Waals surface area contributed by atoms with Crippen molar-refractivity contribution >= 4 is 34.5 Å². The van der Waals surface area contributed by atoms with E-state index in [1.165, 1.54) is 13.2 Å². The molecule has 0 aliphatic heterocycles. The lowest BCUT2D eigenvalue weighted by Gasteiger charge is -1.98. The molecule has 1 aromatic heterocycles. The fraction of sp³-hybridized carbons (Fsp3) is 0.0588. The Hall–Kier alpha value is -2.59. The molecule has 0 amide bonds. The number of carbonyl (C=O) groups is 1. The average Bonchev–Trinajstić information content (AvgIpc) is 2.96. The van der Waals surface area contributed by atoms with Crippen LogP contribution < -0.4 is 0 Å². The first-order chi connectivity index (χ1) is 10.7. The first-order valence-electron chi connectivity index (χ1n) is 6.59. The molecule has 0 saturated heterocycles. The van der Waals surface area contributed by atoms with Crippen LogP contribution in [0.5, 0.6) is 0 Å². The highest BCUT2D eigenvalue weighted by Crippen LogP contribution is 2.30. The number of hydrogen-bond acceptors (Lipinski definition) is 4. The van der Waals surface area contributed by atoms with E-state index in [9.17, 15) is 4.79 Å². The minimum Gasteiger partial charge on any atom is -0.466 e. The Balaban J connectivity index is 2.03. The monoisotopic (exact) mass is 313 g/mol. The van der Waals surface area contributed by atoms with Crippen LogP contribution in [0.1, 0.15) is 5.56 Å². The minimum atomic E-state index is -0.400. The third-order valence-electron chi connectivity index (χ3n) is 3.22. The summed E-state index contributed by atoms with van der Waals surface area (Å²) in [4.78, 5) is 11.2. The normalized spacial score (nSPS) is 11.2. The lowest BCUT2D eigenvalue weighted by Crippen LogP contribution is -1.93. The first-order valence-corrected chi connectivity index (χ1v) is 6.96. The number of nitrogens with zero attached hydrogens (tertiary/aromatic N) is 1. The Kier molecular flexibility index (Phi) is 3.94. The second kappa shape index (κ2) is 6.03. The average molecular weight is 314 g/mol. The maximum absolute atomic E-state index is 11.2. The van der Waals surface area contributed by atoms with E-state index in [2.05, 4.69) is 9.89 Å². The third kappa shape index (κ3) is 2.87. The Morgan fingerprint density at radius 1 is 1.23 bits per heavy atom. The van der Waals surface area contributed by atoms with Crippen LogP contribution in [-0.4, -0.2) is 18.2 Å². The van der Waals surface area contributed by atoms with E-state index >= 15 is 0 Å². The summed E-state index contributed by atoms with van der Waals surface area (Å²) in [5.41, 5.74) is 2.50. The molecule has 0 bridgehead atoms. The number of ether oxygens (including phenoxy) is 1. The van der Waals surface area contributed by atoms with Gasteiger partial charge in [0.05, 0.1) is 12.5 Å². The van der Waals surface area contributed by atoms with Gasteiger partial charge in [-0.1, -0.05) is 22.8 Å². The molecule has 110 valence electrons. The van der Waals surface area contributed by atoms with Gasteiger partial charge in [0, 0.05) is 16.7 Å². The minimum absolute atomic E-state index is 0.400. The van der Waals surface area contributed by atoms with Crippen molar-refractivity contribution in [1.82, 2.24) is 5.16 Å². The van der Waals surface area contributed by atoms with Gasteiger partial charge in [-0.05, 0) is 48.0 Å². The highest BCUT2D eigenvalue weighted by molar-refractivity contribution is 6.30. The standard InChI is InChI=1S/C17H12ClNO3/c1-21-16(20)9-3-11-2-8-15-14(10-11)17(22-19-15)12-4-6-13(18)7-5-12/h2-10H,1H3. The quantitative estimate of drug-likeness (QED) is 0.533. The predicted molar refractivity (Wildman–Crippen MR) is 85.5 cm³/mol. The predicted octanol–water partition coefficient (Wildman–Crippen LogP) is 4.33. The molecule has 0 N–H and O–H groups in total. The Bertz CT molecular complexity index is 850. The lowest BCUT2D eigenvalue weighted by molar-refractivity contribution is -0.134. The van der Waals surface area contributed by atoms with Crippen molar-refractivity contribution < 1.29 is 14.1 Å². The molecule has 0 spiro atoms. The van der Waals surface area contributed by atoms with E-state index in [1.807, 2.05) is 30.3 Å². The van der Waals surface area contributed by atoms with Crippen LogP contribution in [0.25, 0.3) is 28.3 Å². The molecule has 3 rings (SSSR count). The summed E-state index contributed by atoms with van der Waals surface area (Å²) in [6.07, 6.45) is 3.06. The van der Waals surface area contributed by atoms with Gasteiger partial charge in [0.2, 0.25) is 0 Å². The molecular weight excluding hydrogens is 302 g/mol. The number of methoxy groups -OCH3 is 1. The van der Waals surface area contributed by atoms with E-state index in [-0.39, 0.29) is 0 Å². The molecule has 4 nitrogen and oxygen atoms in total. The summed E-state index contributed by atoms with van der Waals surface area (Å²) in [6.45, 7) is 0. The number of benzene rings is 2. The van der Waals surface area contributed by atoms with Crippen LogP contribution >= 0.6 is 11.6 Å². The van der Waals surface area contributed by atoms with Crippen molar-refractivity contribution in [3.8, 4) is 11.3 Å². The molecule has 0 saturated carbocycles. The Morgan fingerprint density at radius 2 is 2.00 bits per heavy atom. The van der Waals surface area contributed by atoms with Gasteiger partial charge in [-0.2, -0.15) is 0 Å². The Morgan fingerprint density at radius 3 is 2.73 bits per heavy atom. The van der Waals surface area contributed by atoms with Crippen molar-refractivity contribution in [2.45, 2.75) is 0 Å². The molecule has 5 heteroatoms. The molecular formula is C17H12ClNO3. The second-order valence-electron chi connectivity index (χ2n) is 4.65. The summed E-state index contributed by atoms with van der Waals surface area (Å²) in [6, 6.07) is 13.0. The molecule has 0 aliphatic carbocycles. The molecule has 3 aromatic rings. The van der Waals surface area contributed by atoms with Gasteiger partial charge in [-0.3, -0.25) is 0 Å². The lowest BCUT2D eigenvalue weighted by atomic mass is 10.1. The summed E-state index contributed by atoms with van der Waals surface area (Å²) in [7, 11) is 1.34. The largest absolute Gasteiger partial charge is 0.466 e. The maximum atomic E-state index is 11.2. The number of esters is 1. The zero-order valence-corrected chi connectivity index (χ0v) is 12.5. The number of rotatable bonds is 3. The number of halogens is 1. The van der Waals surface area contributed by atoms with E-state index < -0.39 is 5.97 Å². The van der Waals surface area contributed by atoms with Crippen LogP contribution in [0.4, 0.5) is 0 Å². The van der Waals surface area contributed by atoms with E-state index in [0.717, 1.165) is 22.0 Å². The van der Waals surface area contributed by atoms with Crippen molar-refractivity contribution in [2.75, 3.05) is 7.11 Å². The van der Waals surface area contributed by atoms with Gasteiger partial charge in [0.25, 0.3) is 0 Å². The zero-order valence-electron chi connectivity index (χ0n) is 11.7. The number of fused-ring (bicyclic) bond motifs is 1. The highest BCUT2D eigenvalue weighted by Gasteiger charge is 2.11. The van der Waals surface area contributed by atoms with E-state index in [4.69, 9.17) is 16.1 Å². The third-order valence-corrected chi connectivity index (χ3v) is 3.47. The van der Waals surface area contributed by atoms with Crippen LogP contribution in [-0.2, 0) is 9.53 Å². The number of aromatic nitrogens is 1. The summed E-state index contributed by atoms with van der Waals surface area (Å²) in [5, 5.41) is 5.58. The molecule has 0 atom stereocenters. The van der Waals surface area contributed by atoms with Gasteiger partial charge < -0.3 is 9.26 Å². The van der Waals surface area contributed by atoms with Crippen molar-refractivity contribution in [3.63, 3.8) is 0 Å². The smallest absolute Gasteiger partial charge is 0.330 e. The second-order valence-corrected chi connectivity index (χ2v) is 5.09. The fourth-order valence-electron chi connectivity index (χ4n) is 2.10. The molecule has 1 heterocycles. The number of carbonyl (C=O) groups excluding carboxylic acids is 1. The van der Waals surface area contributed by atoms with Gasteiger partial charge in [-0.25, -0.2) is 4.79 Å². The van der Waals surface area contributed by atoms with Crippen molar-refractivity contribution in [1.29, 1.82) is 0 Å². The summed E-state index contributed by atoms with van der Waals surface area (Å²) >= 11 is 5.90. The van der Waals surface area contributed by atoms with E-state index in [0.29, 0.717) is 10.8 Å². The molecule has 0 unspecified atom stereocenters. The molecule has 0 fully saturated rings. The van der Waals surface area contributed by atoms with Gasteiger partial charge in [0.15, 0.2) is 5.76 Å². The Labute approximate surface area is 131 Å². The molecule has 22 heavy (non-hydrogen) atoms. The summed E-state index contributed by atoms with van der Waals surface area (Å²) < 4.78 is 10.0. The fourth-order valence-corrected chi connectivity index (χ4v) is 2.23. The van der Waals surface area contributed by atoms with Crippen molar-refractivity contribution in [2.24, 2.45) is 0 Å². The topological polar surface area (TPSA) is 52.3 Å². The van der Waals surface area contributed by atoms with Gasteiger partial charge in [0.1, 0.15) is 5.52 Å². The van der Waals surface area contributed by atoms with Crippen LogP contribution in [0.2, 0.25) is 5.02 Å². The zero-order chi connectivity index (χ0) is 15.5. The first kappa shape index (κ1) is 14.4. The summed E-state index contributed by atoms with van der Waals surface area (Å²) in [5.74, 6) is 0.267. The van der Waals surface area contributed by atoms with Crippen LogP contribution in [0, 0.1) is 0 Å². The van der Waals surface area contributed by atoms with Crippen molar-refractivity contribution in [3.05, 3.63) is 59.1 Å². The maximum Gasteiger partial charge on any atom is 0.330 e. The molecule has 0 radical (unpaired) electrons. The van der Waals surface area contributed by atoms with Crippen LogP contribution in [0.15, 0.2) is 53.1 Å². The van der Waals surface area contributed by atoms with E-state index in [1.54, 1.807) is 18.2 Å².